The molecule has 2 rings (SSSR count). The zero-order valence-corrected chi connectivity index (χ0v) is 12.6. The van der Waals surface area contributed by atoms with Crippen molar-refractivity contribution in [2.75, 3.05) is 19.7 Å². The highest BCUT2D eigenvalue weighted by Crippen LogP contribution is 2.38. The van der Waals surface area contributed by atoms with Gasteiger partial charge in [0.05, 0.1) is 18.3 Å². The van der Waals surface area contributed by atoms with Crippen molar-refractivity contribution in [3.8, 4) is 5.75 Å². The van der Waals surface area contributed by atoms with Gasteiger partial charge in [0, 0.05) is 18.7 Å². The van der Waals surface area contributed by atoms with E-state index in [4.69, 9.17) is 9.57 Å². The van der Waals surface area contributed by atoms with Gasteiger partial charge in [-0.15, -0.1) is 0 Å². The molecular weight excluding hydrogens is 254 g/mol. The molecule has 0 aliphatic carbocycles. The van der Waals surface area contributed by atoms with Crippen molar-refractivity contribution in [1.82, 2.24) is 5.06 Å². The number of hydrogen-bond donors (Lipinski definition) is 1. The van der Waals surface area contributed by atoms with Crippen molar-refractivity contribution in [2.45, 2.75) is 45.3 Å². The van der Waals surface area contributed by atoms with Crippen LogP contribution in [0.25, 0.3) is 0 Å². The minimum Gasteiger partial charge on any atom is -0.491 e. The van der Waals surface area contributed by atoms with Crippen LogP contribution in [0.1, 0.15) is 39.2 Å². The SMILES string of the molecule is CCON1CCC(O)(c2ccccc2OC(C)C)CC1. The first-order valence-corrected chi connectivity index (χ1v) is 7.41. The molecule has 1 aliphatic heterocycles. The summed E-state index contributed by atoms with van der Waals surface area (Å²) in [5, 5.41) is 12.9. The summed E-state index contributed by atoms with van der Waals surface area (Å²) in [6.45, 7) is 8.12. The Bertz CT molecular complexity index is 425. The first-order chi connectivity index (χ1) is 9.55. The molecule has 4 nitrogen and oxygen atoms in total. The quantitative estimate of drug-likeness (QED) is 0.900. The van der Waals surface area contributed by atoms with Crippen LogP contribution in [0, 0.1) is 0 Å². The molecule has 0 spiro atoms. The summed E-state index contributed by atoms with van der Waals surface area (Å²) in [7, 11) is 0. The molecule has 0 aromatic heterocycles. The molecule has 0 unspecified atom stereocenters. The third kappa shape index (κ3) is 3.51. The molecule has 0 saturated carbocycles. The number of benzene rings is 1. The van der Waals surface area contributed by atoms with Crippen LogP contribution in [0.2, 0.25) is 0 Å². The molecule has 0 radical (unpaired) electrons. The predicted octanol–water partition coefficient (Wildman–Crippen LogP) is 2.71. The Morgan fingerprint density at radius 1 is 1.25 bits per heavy atom. The number of hydrogen-bond acceptors (Lipinski definition) is 4. The molecule has 0 amide bonds. The van der Waals surface area contributed by atoms with Gasteiger partial charge in [-0.05, 0) is 39.7 Å². The summed E-state index contributed by atoms with van der Waals surface area (Å²) < 4.78 is 5.83. The normalized spacial score (nSPS) is 19.2. The maximum absolute atomic E-state index is 11.0. The molecule has 1 aromatic rings. The number of para-hydroxylation sites is 1. The number of hydroxylamine groups is 2. The van der Waals surface area contributed by atoms with E-state index in [1.165, 1.54) is 0 Å². The van der Waals surface area contributed by atoms with Gasteiger partial charge in [0.25, 0.3) is 0 Å². The summed E-state index contributed by atoms with van der Waals surface area (Å²) in [5.74, 6) is 0.787. The van der Waals surface area contributed by atoms with Gasteiger partial charge in [-0.25, -0.2) is 0 Å². The van der Waals surface area contributed by atoms with Crippen molar-refractivity contribution < 1.29 is 14.7 Å². The van der Waals surface area contributed by atoms with E-state index >= 15 is 0 Å². The van der Waals surface area contributed by atoms with E-state index < -0.39 is 5.60 Å². The van der Waals surface area contributed by atoms with Crippen LogP contribution in [0.5, 0.6) is 5.75 Å². The van der Waals surface area contributed by atoms with E-state index in [1.807, 2.05) is 50.1 Å². The summed E-state index contributed by atoms with van der Waals surface area (Å²) in [6.07, 6.45) is 1.42. The topological polar surface area (TPSA) is 41.9 Å². The second-order valence-corrected chi connectivity index (χ2v) is 5.54. The van der Waals surface area contributed by atoms with Gasteiger partial charge in [0.1, 0.15) is 5.75 Å². The lowest BCUT2D eigenvalue weighted by Crippen LogP contribution is -2.42. The number of aliphatic hydroxyl groups is 1. The number of piperidine rings is 1. The van der Waals surface area contributed by atoms with Gasteiger partial charge in [-0.3, -0.25) is 4.84 Å². The fraction of sp³-hybridized carbons (Fsp3) is 0.625. The molecule has 4 heteroatoms. The van der Waals surface area contributed by atoms with Crippen LogP contribution in [-0.4, -0.2) is 36.0 Å². The maximum Gasteiger partial charge on any atom is 0.125 e. The minimum absolute atomic E-state index is 0.100. The fourth-order valence-corrected chi connectivity index (χ4v) is 2.64. The molecule has 1 saturated heterocycles. The van der Waals surface area contributed by atoms with Crippen LogP contribution in [0.4, 0.5) is 0 Å². The highest BCUT2D eigenvalue weighted by molar-refractivity contribution is 5.38. The Kier molecular flexibility index (Phi) is 5.02. The van der Waals surface area contributed by atoms with Crippen LogP contribution < -0.4 is 4.74 Å². The number of ether oxygens (including phenoxy) is 1. The largest absolute Gasteiger partial charge is 0.491 e. The Balaban J connectivity index is 2.14. The third-order valence-electron chi connectivity index (χ3n) is 3.61. The molecular formula is C16H25NO3. The van der Waals surface area contributed by atoms with E-state index in [-0.39, 0.29) is 6.10 Å². The van der Waals surface area contributed by atoms with Gasteiger partial charge < -0.3 is 9.84 Å². The smallest absolute Gasteiger partial charge is 0.125 e. The van der Waals surface area contributed by atoms with E-state index in [0.29, 0.717) is 19.4 Å². The Morgan fingerprint density at radius 3 is 2.50 bits per heavy atom. The van der Waals surface area contributed by atoms with Crippen LogP contribution >= 0.6 is 0 Å². The average Bonchev–Trinajstić information content (AvgIpc) is 2.42. The lowest BCUT2D eigenvalue weighted by molar-refractivity contribution is -0.192. The third-order valence-corrected chi connectivity index (χ3v) is 3.61. The van der Waals surface area contributed by atoms with Crippen molar-refractivity contribution in [3.05, 3.63) is 29.8 Å². The van der Waals surface area contributed by atoms with Gasteiger partial charge in [0.15, 0.2) is 0 Å². The molecule has 1 N–H and O–H groups in total. The summed E-state index contributed by atoms with van der Waals surface area (Å²) in [5.41, 5.74) is 0.0730. The van der Waals surface area contributed by atoms with Crippen molar-refractivity contribution >= 4 is 0 Å². The molecule has 1 aromatic carbocycles. The first-order valence-electron chi connectivity index (χ1n) is 7.41. The van der Waals surface area contributed by atoms with Crippen LogP contribution in [0.3, 0.4) is 0 Å². The van der Waals surface area contributed by atoms with Crippen molar-refractivity contribution in [3.63, 3.8) is 0 Å². The van der Waals surface area contributed by atoms with Crippen molar-refractivity contribution in [2.24, 2.45) is 0 Å². The molecule has 1 heterocycles. The average molecular weight is 279 g/mol. The summed E-state index contributed by atoms with van der Waals surface area (Å²) in [4.78, 5) is 5.50. The fourth-order valence-electron chi connectivity index (χ4n) is 2.64. The molecule has 20 heavy (non-hydrogen) atoms. The van der Waals surface area contributed by atoms with E-state index in [2.05, 4.69) is 0 Å². The zero-order chi connectivity index (χ0) is 14.6. The van der Waals surface area contributed by atoms with E-state index in [1.54, 1.807) is 0 Å². The molecule has 1 aliphatic rings. The van der Waals surface area contributed by atoms with Gasteiger partial charge in [-0.1, -0.05) is 18.2 Å². The lowest BCUT2D eigenvalue weighted by atomic mass is 9.84. The Morgan fingerprint density at radius 2 is 1.90 bits per heavy atom. The maximum atomic E-state index is 11.0. The van der Waals surface area contributed by atoms with E-state index in [9.17, 15) is 5.11 Å². The monoisotopic (exact) mass is 279 g/mol. The van der Waals surface area contributed by atoms with Gasteiger partial charge >= 0.3 is 0 Å². The van der Waals surface area contributed by atoms with Crippen LogP contribution in [-0.2, 0) is 10.4 Å². The highest BCUT2D eigenvalue weighted by atomic mass is 16.7. The Labute approximate surface area is 121 Å². The second kappa shape index (κ2) is 6.57. The zero-order valence-electron chi connectivity index (χ0n) is 12.6. The van der Waals surface area contributed by atoms with E-state index in [0.717, 1.165) is 24.4 Å². The summed E-state index contributed by atoms with van der Waals surface area (Å²) in [6, 6.07) is 7.80. The van der Waals surface area contributed by atoms with Gasteiger partial charge in [0.2, 0.25) is 0 Å². The molecule has 112 valence electrons. The predicted molar refractivity (Wildman–Crippen MR) is 78.5 cm³/mol. The molecule has 0 bridgehead atoms. The van der Waals surface area contributed by atoms with Gasteiger partial charge in [-0.2, -0.15) is 5.06 Å². The molecule has 0 atom stereocenters. The summed E-state index contributed by atoms with van der Waals surface area (Å²) >= 11 is 0. The standard InChI is InChI=1S/C16H25NO3/c1-4-19-17-11-9-16(18,10-12-17)14-7-5-6-8-15(14)20-13(2)3/h5-8,13,18H,4,9-12H2,1-3H3. The highest BCUT2D eigenvalue weighted by Gasteiger charge is 2.36. The Hall–Kier alpha value is -1.10. The minimum atomic E-state index is -0.820. The molecule has 1 fully saturated rings. The number of rotatable bonds is 5. The lowest BCUT2D eigenvalue weighted by Gasteiger charge is -2.38. The second-order valence-electron chi connectivity index (χ2n) is 5.54. The number of nitrogens with zero attached hydrogens (tertiary/aromatic N) is 1. The first kappa shape index (κ1) is 15.3. The van der Waals surface area contributed by atoms with Crippen molar-refractivity contribution in [1.29, 1.82) is 0 Å². The van der Waals surface area contributed by atoms with Crippen LogP contribution in [0.15, 0.2) is 24.3 Å².